The van der Waals surface area contributed by atoms with Crippen LogP contribution in [0.2, 0.25) is 0 Å². The molecule has 1 aromatic heterocycles. The van der Waals surface area contributed by atoms with Gasteiger partial charge in [-0.15, -0.1) is 0 Å². The summed E-state index contributed by atoms with van der Waals surface area (Å²) in [6, 6.07) is 7.91. The fourth-order valence-electron chi connectivity index (χ4n) is 1.96. The van der Waals surface area contributed by atoms with Crippen LogP contribution in [0.1, 0.15) is 26.3 Å². The maximum atomic E-state index is 5.89. The van der Waals surface area contributed by atoms with E-state index in [1.54, 1.807) is 6.20 Å². The molecule has 20 heavy (non-hydrogen) atoms. The summed E-state index contributed by atoms with van der Waals surface area (Å²) < 4.78 is 11.6. The molecular formula is C16H22N2O2. The molecule has 0 aliphatic heterocycles. The molecule has 0 unspecified atom stereocenters. The molecule has 108 valence electrons. The number of nitrogens with two attached hydrogens (primary N) is 1. The zero-order valence-corrected chi connectivity index (χ0v) is 12.3. The number of pyridine rings is 1. The smallest absolute Gasteiger partial charge is 0.134 e. The van der Waals surface area contributed by atoms with Gasteiger partial charge < -0.3 is 15.2 Å². The van der Waals surface area contributed by atoms with Gasteiger partial charge in [-0.3, -0.25) is 4.98 Å². The minimum absolute atomic E-state index is 0.152. The Hall–Kier alpha value is -1.65. The SMILES string of the molecule is CC(C)(C)OCCOc1c(CN)cnc2ccccc12. The second kappa shape index (κ2) is 6.20. The molecule has 0 saturated heterocycles. The monoisotopic (exact) mass is 274 g/mol. The van der Waals surface area contributed by atoms with Crippen molar-refractivity contribution in [2.75, 3.05) is 13.2 Å². The van der Waals surface area contributed by atoms with Gasteiger partial charge in [-0.2, -0.15) is 0 Å². The van der Waals surface area contributed by atoms with Crippen LogP contribution in [0.15, 0.2) is 30.5 Å². The van der Waals surface area contributed by atoms with Gasteiger partial charge in [-0.05, 0) is 32.9 Å². The standard InChI is InChI=1S/C16H22N2O2/c1-16(2,3)20-9-8-19-15-12(10-17)11-18-14-7-5-4-6-13(14)15/h4-7,11H,8-10,17H2,1-3H3. The number of nitrogens with zero attached hydrogens (tertiary/aromatic N) is 1. The molecule has 0 spiro atoms. The van der Waals surface area contributed by atoms with E-state index in [2.05, 4.69) is 4.98 Å². The number of aromatic nitrogens is 1. The van der Waals surface area contributed by atoms with Crippen LogP contribution in [-0.4, -0.2) is 23.8 Å². The summed E-state index contributed by atoms with van der Waals surface area (Å²) in [7, 11) is 0. The quantitative estimate of drug-likeness (QED) is 0.852. The Bertz CT molecular complexity index is 576. The molecule has 0 aliphatic carbocycles. The number of hydrogen-bond acceptors (Lipinski definition) is 4. The third kappa shape index (κ3) is 3.68. The first-order valence-corrected chi connectivity index (χ1v) is 6.85. The van der Waals surface area contributed by atoms with E-state index in [0.29, 0.717) is 19.8 Å². The first-order chi connectivity index (χ1) is 9.51. The lowest BCUT2D eigenvalue weighted by Gasteiger charge is -2.20. The summed E-state index contributed by atoms with van der Waals surface area (Å²) >= 11 is 0. The highest BCUT2D eigenvalue weighted by Gasteiger charge is 2.11. The highest BCUT2D eigenvalue weighted by Crippen LogP contribution is 2.28. The molecule has 0 aliphatic rings. The predicted octanol–water partition coefficient (Wildman–Crippen LogP) is 2.89. The average Bonchev–Trinajstić information content (AvgIpc) is 2.42. The summed E-state index contributed by atoms with van der Waals surface area (Å²) in [5.41, 5.74) is 7.44. The Balaban J connectivity index is 2.15. The molecule has 1 heterocycles. The molecule has 0 fully saturated rings. The molecule has 2 rings (SSSR count). The third-order valence-corrected chi connectivity index (χ3v) is 2.88. The highest BCUT2D eigenvalue weighted by atomic mass is 16.5. The lowest BCUT2D eigenvalue weighted by molar-refractivity contribution is -0.0162. The van der Waals surface area contributed by atoms with Crippen molar-refractivity contribution in [1.82, 2.24) is 4.98 Å². The van der Waals surface area contributed by atoms with Gasteiger partial charge >= 0.3 is 0 Å². The zero-order valence-electron chi connectivity index (χ0n) is 12.3. The van der Waals surface area contributed by atoms with Crippen LogP contribution in [0.5, 0.6) is 5.75 Å². The maximum Gasteiger partial charge on any atom is 0.134 e. The van der Waals surface area contributed by atoms with Crippen LogP contribution in [0.25, 0.3) is 10.9 Å². The number of benzene rings is 1. The first-order valence-electron chi connectivity index (χ1n) is 6.85. The Morgan fingerprint density at radius 2 is 1.90 bits per heavy atom. The van der Waals surface area contributed by atoms with Gasteiger partial charge in [0.05, 0.1) is 17.7 Å². The maximum absolute atomic E-state index is 5.89. The Morgan fingerprint density at radius 3 is 2.60 bits per heavy atom. The Kier molecular flexibility index (Phi) is 4.57. The molecule has 0 amide bonds. The molecule has 1 aromatic carbocycles. The summed E-state index contributed by atoms with van der Waals surface area (Å²) in [5.74, 6) is 0.815. The average molecular weight is 274 g/mol. The Labute approximate surface area is 119 Å². The Morgan fingerprint density at radius 1 is 1.15 bits per heavy atom. The van der Waals surface area contributed by atoms with Crippen molar-refractivity contribution < 1.29 is 9.47 Å². The first kappa shape index (κ1) is 14.8. The summed E-state index contributed by atoms with van der Waals surface area (Å²) in [6.07, 6.45) is 1.78. The normalized spacial score (nSPS) is 11.8. The van der Waals surface area contributed by atoms with Crippen molar-refractivity contribution >= 4 is 10.9 Å². The van der Waals surface area contributed by atoms with Gasteiger partial charge in [0.15, 0.2) is 0 Å². The van der Waals surface area contributed by atoms with E-state index in [9.17, 15) is 0 Å². The van der Waals surface area contributed by atoms with E-state index in [4.69, 9.17) is 15.2 Å². The molecule has 0 atom stereocenters. The molecule has 2 aromatic rings. The van der Waals surface area contributed by atoms with E-state index < -0.39 is 0 Å². The van der Waals surface area contributed by atoms with Gasteiger partial charge in [-0.1, -0.05) is 12.1 Å². The van der Waals surface area contributed by atoms with Crippen molar-refractivity contribution in [1.29, 1.82) is 0 Å². The van der Waals surface area contributed by atoms with E-state index >= 15 is 0 Å². The fraction of sp³-hybridized carbons (Fsp3) is 0.438. The van der Waals surface area contributed by atoms with Crippen LogP contribution in [0.3, 0.4) is 0 Å². The van der Waals surface area contributed by atoms with Crippen molar-refractivity contribution in [2.45, 2.75) is 32.9 Å². The van der Waals surface area contributed by atoms with E-state index in [1.807, 2.05) is 45.0 Å². The lowest BCUT2D eigenvalue weighted by Crippen LogP contribution is -2.22. The molecule has 0 bridgehead atoms. The zero-order chi connectivity index (χ0) is 14.6. The van der Waals surface area contributed by atoms with Crippen LogP contribution >= 0.6 is 0 Å². The second-order valence-corrected chi connectivity index (χ2v) is 5.64. The summed E-state index contributed by atoms with van der Waals surface area (Å²) in [4.78, 5) is 4.39. The van der Waals surface area contributed by atoms with Crippen LogP contribution in [0, 0.1) is 0 Å². The van der Waals surface area contributed by atoms with Crippen molar-refractivity contribution in [2.24, 2.45) is 5.73 Å². The number of hydrogen-bond donors (Lipinski definition) is 1. The predicted molar refractivity (Wildman–Crippen MR) is 80.8 cm³/mol. The number of para-hydroxylation sites is 1. The molecular weight excluding hydrogens is 252 g/mol. The molecule has 4 heteroatoms. The van der Waals surface area contributed by atoms with Crippen molar-refractivity contribution in [3.05, 3.63) is 36.0 Å². The molecule has 2 N–H and O–H groups in total. The topological polar surface area (TPSA) is 57.4 Å². The lowest BCUT2D eigenvalue weighted by atomic mass is 10.1. The van der Waals surface area contributed by atoms with Crippen molar-refractivity contribution in [3.8, 4) is 5.75 Å². The highest BCUT2D eigenvalue weighted by molar-refractivity contribution is 5.86. The minimum atomic E-state index is -0.152. The largest absolute Gasteiger partial charge is 0.490 e. The number of rotatable bonds is 5. The van der Waals surface area contributed by atoms with E-state index in [-0.39, 0.29) is 5.60 Å². The minimum Gasteiger partial charge on any atom is -0.490 e. The van der Waals surface area contributed by atoms with Gasteiger partial charge in [0.2, 0.25) is 0 Å². The van der Waals surface area contributed by atoms with Crippen LogP contribution in [0.4, 0.5) is 0 Å². The van der Waals surface area contributed by atoms with Crippen molar-refractivity contribution in [3.63, 3.8) is 0 Å². The molecule has 0 saturated carbocycles. The molecule has 0 radical (unpaired) electrons. The van der Waals surface area contributed by atoms with Gasteiger partial charge in [-0.25, -0.2) is 0 Å². The summed E-state index contributed by atoms with van der Waals surface area (Å²) in [5, 5.41) is 0.992. The number of fused-ring (bicyclic) bond motifs is 1. The summed E-state index contributed by atoms with van der Waals surface area (Å²) in [6.45, 7) is 7.54. The second-order valence-electron chi connectivity index (χ2n) is 5.64. The van der Waals surface area contributed by atoms with Gasteiger partial charge in [0.25, 0.3) is 0 Å². The van der Waals surface area contributed by atoms with Gasteiger partial charge in [0.1, 0.15) is 12.4 Å². The number of ether oxygens (including phenoxy) is 2. The van der Waals surface area contributed by atoms with E-state index in [0.717, 1.165) is 22.2 Å². The molecule has 4 nitrogen and oxygen atoms in total. The fourth-order valence-corrected chi connectivity index (χ4v) is 1.96. The van der Waals surface area contributed by atoms with Crippen LogP contribution in [-0.2, 0) is 11.3 Å². The van der Waals surface area contributed by atoms with E-state index in [1.165, 1.54) is 0 Å². The van der Waals surface area contributed by atoms with Gasteiger partial charge in [0, 0.05) is 23.7 Å². The third-order valence-electron chi connectivity index (χ3n) is 2.88. The van der Waals surface area contributed by atoms with Crippen LogP contribution < -0.4 is 10.5 Å².